The number of nitrogens with one attached hydrogen (secondary N) is 1. The van der Waals surface area contributed by atoms with Crippen LogP contribution in [0.2, 0.25) is 0 Å². The predicted octanol–water partition coefficient (Wildman–Crippen LogP) is 0.842. The van der Waals surface area contributed by atoms with Crippen molar-refractivity contribution in [2.24, 2.45) is 5.73 Å². The molecular weight excluding hydrogens is 354 g/mol. The standard InChI is InChI=1S/C15H23N9OS/c1-2-17-12-19-13(23-7-5-3-4-6-8-23)21-14(20-12)24-10-18-15(22-24)26-9-11(16)25/h10H,2-9H2,1H3,(H2,16,25)(H,17,19,20,21). The minimum atomic E-state index is -0.413. The lowest BCUT2D eigenvalue weighted by atomic mass is 10.2. The second kappa shape index (κ2) is 8.79. The normalized spacial score (nSPS) is 14.9. The minimum Gasteiger partial charge on any atom is -0.369 e. The van der Waals surface area contributed by atoms with E-state index in [1.54, 1.807) is 0 Å². The Labute approximate surface area is 156 Å². The Morgan fingerprint density at radius 1 is 1.19 bits per heavy atom. The topological polar surface area (TPSA) is 128 Å². The Hall–Kier alpha value is -2.43. The van der Waals surface area contributed by atoms with E-state index in [0.717, 1.165) is 25.9 Å². The molecule has 2 aromatic rings. The molecule has 1 saturated heterocycles. The number of hydrogen-bond donors (Lipinski definition) is 2. The van der Waals surface area contributed by atoms with Gasteiger partial charge in [0.05, 0.1) is 5.75 Å². The van der Waals surface area contributed by atoms with Crippen LogP contribution in [0, 0.1) is 0 Å². The third kappa shape index (κ3) is 4.81. The van der Waals surface area contributed by atoms with Crippen LogP contribution < -0.4 is 16.0 Å². The monoisotopic (exact) mass is 377 g/mol. The first-order chi connectivity index (χ1) is 12.7. The van der Waals surface area contributed by atoms with E-state index in [-0.39, 0.29) is 5.75 Å². The number of anilines is 2. The molecule has 11 heteroatoms. The van der Waals surface area contributed by atoms with Gasteiger partial charge in [-0.25, -0.2) is 4.98 Å². The van der Waals surface area contributed by atoms with E-state index in [9.17, 15) is 4.79 Å². The number of rotatable bonds is 7. The van der Waals surface area contributed by atoms with Crippen molar-refractivity contribution in [2.45, 2.75) is 37.8 Å². The highest BCUT2D eigenvalue weighted by molar-refractivity contribution is 7.99. The van der Waals surface area contributed by atoms with Crippen LogP contribution >= 0.6 is 11.8 Å². The molecule has 1 aliphatic heterocycles. The largest absolute Gasteiger partial charge is 0.369 e. The lowest BCUT2D eigenvalue weighted by Gasteiger charge is -2.20. The van der Waals surface area contributed by atoms with Crippen molar-refractivity contribution in [1.82, 2.24) is 29.7 Å². The van der Waals surface area contributed by atoms with Crippen molar-refractivity contribution in [3.8, 4) is 5.95 Å². The molecule has 26 heavy (non-hydrogen) atoms. The first-order valence-electron chi connectivity index (χ1n) is 8.73. The summed E-state index contributed by atoms with van der Waals surface area (Å²) in [7, 11) is 0. The lowest BCUT2D eigenvalue weighted by molar-refractivity contribution is -0.115. The molecule has 3 N–H and O–H groups in total. The van der Waals surface area contributed by atoms with E-state index in [1.807, 2.05) is 6.92 Å². The van der Waals surface area contributed by atoms with E-state index >= 15 is 0 Å². The van der Waals surface area contributed by atoms with Crippen molar-refractivity contribution in [2.75, 3.05) is 35.6 Å². The summed E-state index contributed by atoms with van der Waals surface area (Å²) >= 11 is 1.18. The zero-order valence-electron chi connectivity index (χ0n) is 14.8. The van der Waals surface area contributed by atoms with Crippen LogP contribution in [0.1, 0.15) is 32.6 Å². The predicted molar refractivity (Wildman–Crippen MR) is 99.5 cm³/mol. The summed E-state index contributed by atoms with van der Waals surface area (Å²) in [5.41, 5.74) is 5.16. The van der Waals surface area contributed by atoms with Crippen molar-refractivity contribution < 1.29 is 4.79 Å². The van der Waals surface area contributed by atoms with Gasteiger partial charge in [0, 0.05) is 19.6 Å². The van der Waals surface area contributed by atoms with E-state index in [2.05, 4.69) is 35.3 Å². The summed E-state index contributed by atoms with van der Waals surface area (Å²) in [4.78, 5) is 30.8. The molecule has 0 saturated carbocycles. The van der Waals surface area contributed by atoms with Crippen LogP contribution in [0.3, 0.4) is 0 Å². The molecule has 10 nitrogen and oxygen atoms in total. The maximum absolute atomic E-state index is 10.9. The summed E-state index contributed by atoms with van der Waals surface area (Å²) in [6, 6.07) is 0. The summed E-state index contributed by atoms with van der Waals surface area (Å²) in [6.07, 6.45) is 6.26. The number of amides is 1. The highest BCUT2D eigenvalue weighted by Gasteiger charge is 2.17. The molecule has 0 aliphatic carbocycles. The maximum atomic E-state index is 10.9. The van der Waals surface area contributed by atoms with Gasteiger partial charge in [0.25, 0.3) is 5.95 Å². The van der Waals surface area contributed by atoms with Gasteiger partial charge in [-0.1, -0.05) is 24.6 Å². The van der Waals surface area contributed by atoms with Crippen molar-refractivity contribution in [3.05, 3.63) is 6.33 Å². The first kappa shape index (κ1) is 18.4. The fourth-order valence-electron chi connectivity index (χ4n) is 2.65. The average Bonchev–Trinajstić information content (AvgIpc) is 2.93. The number of aromatic nitrogens is 6. The van der Waals surface area contributed by atoms with Gasteiger partial charge in [-0.05, 0) is 19.8 Å². The second-order valence-electron chi connectivity index (χ2n) is 5.92. The molecule has 0 bridgehead atoms. The highest BCUT2D eigenvalue weighted by atomic mass is 32.2. The lowest BCUT2D eigenvalue weighted by Crippen LogP contribution is -2.27. The van der Waals surface area contributed by atoms with Gasteiger partial charge >= 0.3 is 0 Å². The maximum Gasteiger partial charge on any atom is 0.258 e. The molecule has 0 aromatic carbocycles. The van der Waals surface area contributed by atoms with Gasteiger partial charge in [0.15, 0.2) is 0 Å². The Morgan fingerprint density at radius 2 is 1.92 bits per heavy atom. The molecule has 0 atom stereocenters. The van der Waals surface area contributed by atoms with Gasteiger partial charge in [-0.3, -0.25) is 4.79 Å². The van der Waals surface area contributed by atoms with Crippen LogP contribution in [0.15, 0.2) is 11.5 Å². The number of carbonyl (C=O) groups is 1. The molecule has 0 unspecified atom stereocenters. The minimum absolute atomic E-state index is 0.128. The number of hydrogen-bond acceptors (Lipinski definition) is 9. The Balaban J connectivity index is 1.86. The van der Waals surface area contributed by atoms with Gasteiger partial charge in [0.2, 0.25) is 23.0 Å². The second-order valence-corrected chi connectivity index (χ2v) is 6.86. The van der Waals surface area contributed by atoms with Crippen molar-refractivity contribution >= 4 is 29.6 Å². The summed E-state index contributed by atoms with van der Waals surface area (Å²) < 4.78 is 1.49. The van der Waals surface area contributed by atoms with E-state index in [4.69, 9.17) is 5.73 Å². The Morgan fingerprint density at radius 3 is 2.62 bits per heavy atom. The third-order valence-electron chi connectivity index (χ3n) is 3.85. The number of nitrogens with two attached hydrogens (primary N) is 1. The molecule has 1 aliphatic rings. The van der Waals surface area contributed by atoms with Gasteiger partial charge in [-0.2, -0.15) is 19.6 Å². The number of carbonyl (C=O) groups excluding carboxylic acids is 1. The van der Waals surface area contributed by atoms with Crippen molar-refractivity contribution in [1.29, 1.82) is 0 Å². The summed E-state index contributed by atoms with van der Waals surface area (Å²) in [5.74, 6) is 1.27. The Kier molecular flexibility index (Phi) is 6.21. The summed E-state index contributed by atoms with van der Waals surface area (Å²) in [6.45, 7) is 4.57. The van der Waals surface area contributed by atoms with E-state index in [1.165, 1.54) is 35.6 Å². The summed E-state index contributed by atoms with van der Waals surface area (Å²) in [5, 5.41) is 7.91. The average molecular weight is 377 g/mol. The van der Waals surface area contributed by atoms with Gasteiger partial charge in [-0.15, -0.1) is 5.10 Å². The quantitative estimate of drug-likeness (QED) is 0.674. The molecule has 1 amide bonds. The number of primary amides is 1. The number of nitrogens with zero attached hydrogens (tertiary/aromatic N) is 7. The fourth-order valence-corrected chi connectivity index (χ4v) is 3.19. The fraction of sp³-hybridized carbons (Fsp3) is 0.600. The molecule has 0 spiro atoms. The van der Waals surface area contributed by atoms with Crippen LogP contribution in [0.5, 0.6) is 0 Å². The first-order valence-corrected chi connectivity index (χ1v) is 9.72. The zero-order valence-corrected chi connectivity index (χ0v) is 15.6. The Bertz CT molecular complexity index is 742. The molecule has 0 radical (unpaired) electrons. The van der Waals surface area contributed by atoms with Crippen molar-refractivity contribution in [3.63, 3.8) is 0 Å². The third-order valence-corrected chi connectivity index (χ3v) is 4.73. The van der Waals surface area contributed by atoms with Crippen LogP contribution in [-0.4, -0.2) is 61.0 Å². The molecule has 140 valence electrons. The van der Waals surface area contributed by atoms with E-state index in [0.29, 0.717) is 29.5 Å². The van der Waals surface area contributed by atoms with Gasteiger partial charge in [0.1, 0.15) is 6.33 Å². The molecule has 1 fully saturated rings. The van der Waals surface area contributed by atoms with E-state index < -0.39 is 5.91 Å². The van der Waals surface area contributed by atoms with Gasteiger partial charge < -0.3 is 16.0 Å². The highest BCUT2D eigenvalue weighted by Crippen LogP contribution is 2.19. The molecule has 3 rings (SSSR count). The molecule has 3 heterocycles. The molecular formula is C15H23N9OS. The number of thioether (sulfide) groups is 1. The van der Waals surface area contributed by atoms with Crippen LogP contribution in [0.25, 0.3) is 5.95 Å². The smallest absolute Gasteiger partial charge is 0.258 e. The SMILES string of the molecule is CCNc1nc(N2CCCCCC2)nc(-n2cnc(SCC(N)=O)n2)n1. The van der Waals surface area contributed by atoms with Crippen LogP contribution in [-0.2, 0) is 4.79 Å². The zero-order chi connectivity index (χ0) is 18.4. The van der Waals surface area contributed by atoms with Crippen LogP contribution in [0.4, 0.5) is 11.9 Å². The molecule has 2 aromatic heterocycles.